The summed E-state index contributed by atoms with van der Waals surface area (Å²) < 4.78 is 5.26. The lowest BCUT2D eigenvalue weighted by atomic mass is 10.1. The number of nitro benzene ring substituents is 1. The lowest BCUT2D eigenvalue weighted by Gasteiger charge is -2.43. The van der Waals surface area contributed by atoms with Gasteiger partial charge in [0.2, 0.25) is 0 Å². The van der Waals surface area contributed by atoms with E-state index in [9.17, 15) is 10.1 Å². The second-order valence-corrected chi connectivity index (χ2v) is 6.53. The van der Waals surface area contributed by atoms with Crippen LogP contribution in [0.1, 0.15) is 24.3 Å². The summed E-state index contributed by atoms with van der Waals surface area (Å²) in [5.41, 5.74) is 2.38. The van der Waals surface area contributed by atoms with Crippen molar-refractivity contribution in [3.8, 4) is 0 Å². The molecule has 0 radical (unpaired) electrons. The first-order valence-corrected chi connectivity index (χ1v) is 8.07. The highest BCUT2D eigenvalue weighted by Gasteiger charge is 2.30. The van der Waals surface area contributed by atoms with E-state index in [-0.39, 0.29) is 10.6 Å². The lowest BCUT2D eigenvalue weighted by molar-refractivity contribution is -0.384. The van der Waals surface area contributed by atoms with Gasteiger partial charge in [-0.1, -0.05) is 0 Å². The zero-order valence-corrected chi connectivity index (χ0v) is 12.6. The Labute approximate surface area is 129 Å². The maximum absolute atomic E-state index is 11.2. The molecule has 1 aromatic carbocycles. The zero-order chi connectivity index (χ0) is 15.1. The summed E-state index contributed by atoms with van der Waals surface area (Å²) in [7, 11) is 0. The van der Waals surface area contributed by atoms with Crippen LogP contribution in [0.4, 0.5) is 11.4 Å². The molecule has 3 fully saturated rings. The Bertz CT molecular complexity index is 576. The average Bonchev–Trinajstić information content (AvgIpc) is 3.30. The molecule has 3 aliphatic rings. The minimum atomic E-state index is -0.267. The number of benzene rings is 1. The molecule has 0 unspecified atom stereocenters. The summed E-state index contributed by atoms with van der Waals surface area (Å²) in [6.45, 7) is 5.58. The molecule has 2 aliphatic heterocycles. The second-order valence-electron chi connectivity index (χ2n) is 6.53. The van der Waals surface area contributed by atoms with E-state index < -0.39 is 0 Å². The van der Waals surface area contributed by atoms with E-state index in [2.05, 4.69) is 15.9 Å². The van der Waals surface area contributed by atoms with Gasteiger partial charge in [-0.2, -0.15) is 0 Å². The fraction of sp³-hybridized carbons (Fsp3) is 0.625. The number of hydrogen-bond donors (Lipinski definition) is 0. The van der Waals surface area contributed by atoms with Crippen LogP contribution >= 0.6 is 0 Å². The van der Waals surface area contributed by atoms with Gasteiger partial charge in [0, 0.05) is 44.0 Å². The molecule has 118 valence electrons. The summed E-state index contributed by atoms with van der Waals surface area (Å²) >= 11 is 0. The van der Waals surface area contributed by atoms with E-state index in [1.54, 1.807) is 12.1 Å². The van der Waals surface area contributed by atoms with Gasteiger partial charge >= 0.3 is 0 Å². The van der Waals surface area contributed by atoms with Crippen molar-refractivity contribution in [1.82, 2.24) is 4.90 Å². The zero-order valence-electron chi connectivity index (χ0n) is 12.6. The third-order valence-electron chi connectivity index (χ3n) is 5.00. The number of ether oxygens (including phenoxy) is 1. The summed E-state index contributed by atoms with van der Waals surface area (Å²) in [6, 6.07) is 6.22. The number of hydrogen-bond acceptors (Lipinski definition) is 5. The van der Waals surface area contributed by atoms with Crippen molar-refractivity contribution in [1.29, 1.82) is 0 Å². The minimum Gasteiger partial charge on any atom is -0.378 e. The van der Waals surface area contributed by atoms with Gasteiger partial charge in [0.25, 0.3) is 5.69 Å². The molecule has 6 nitrogen and oxygen atoms in total. The van der Waals surface area contributed by atoms with Crippen LogP contribution in [0.15, 0.2) is 18.2 Å². The number of anilines is 1. The molecule has 1 aliphatic carbocycles. The predicted molar refractivity (Wildman–Crippen MR) is 83.5 cm³/mol. The predicted octanol–water partition coefficient (Wildman–Crippen LogP) is 1.99. The maximum Gasteiger partial charge on any atom is 0.271 e. The average molecular weight is 303 g/mol. The fourth-order valence-corrected chi connectivity index (χ4v) is 3.34. The first kappa shape index (κ1) is 14.0. The number of rotatable bonds is 4. The Morgan fingerprint density at radius 3 is 2.36 bits per heavy atom. The van der Waals surface area contributed by atoms with Crippen LogP contribution in [0.3, 0.4) is 0 Å². The minimum absolute atomic E-state index is 0.231. The number of nitrogens with zero attached hydrogens (tertiary/aromatic N) is 3. The van der Waals surface area contributed by atoms with Crippen molar-refractivity contribution >= 4 is 11.4 Å². The molecule has 6 heteroatoms. The molecule has 0 bridgehead atoms. The van der Waals surface area contributed by atoms with E-state index in [0.717, 1.165) is 63.5 Å². The van der Waals surface area contributed by atoms with Crippen LogP contribution in [0, 0.1) is 10.1 Å². The summed E-state index contributed by atoms with van der Waals surface area (Å²) in [5.74, 6) is 0.534. The Morgan fingerprint density at radius 1 is 1.09 bits per heavy atom. The highest BCUT2D eigenvalue weighted by molar-refractivity contribution is 5.57. The molecule has 0 amide bonds. The monoisotopic (exact) mass is 303 g/mol. The van der Waals surface area contributed by atoms with Crippen molar-refractivity contribution in [2.45, 2.75) is 24.8 Å². The number of nitro groups is 1. The van der Waals surface area contributed by atoms with Crippen LogP contribution in [0.25, 0.3) is 0 Å². The van der Waals surface area contributed by atoms with Gasteiger partial charge in [-0.25, -0.2) is 0 Å². The van der Waals surface area contributed by atoms with Crippen LogP contribution < -0.4 is 4.90 Å². The van der Waals surface area contributed by atoms with Gasteiger partial charge in [-0.05, 0) is 30.4 Å². The van der Waals surface area contributed by atoms with E-state index in [4.69, 9.17) is 4.74 Å². The van der Waals surface area contributed by atoms with Crippen molar-refractivity contribution in [3.63, 3.8) is 0 Å². The standard InChI is InChI=1S/C16H21N3O3/c20-19(21)15-8-13(12-1-2-12)7-14(9-15)17-3-5-18(6-4-17)16-10-22-11-16/h7-9,12,16H,1-6,10-11H2. The first-order valence-electron chi connectivity index (χ1n) is 8.07. The maximum atomic E-state index is 11.2. The largest absolute Gasteiger partial charge is 0.378 e. The first-order chi connectivity index (χ1) is 10.7. The van der Waals surface area contributed by atoms with Gasteiger partial charge in [0.15, 0.2) is 0 Å². The SMILES string of the molecule is O=[N+]([O-])c1cc(C2CC2)cc(N2CCN(C3COC3)CC2)c1. The number of piperazine rings is 1. The molecular weight excluding hydrogens is 282 g/mol. The van der Waals surface area contributed by atoms with Gasteiger partial charge in [-0.15, -0.1) is 0 Å². The number of non-ortho nitro benzene ring substituents is 1. The van der Waals surface area contributed by atoms with Crippen LogP contribution in [-0.2, 0) is 4.74 Å². The third kappa shape index (κ3) is 2.68. The van der Waals surface area contributed by atoms with Crippen LogP contribution in [-0.4, -0.2) is 55.3 Å². The normalized spacial score (nSPS) is 23.4. The Kier molecular flexibility index (Phi) is 3.50. The highest BCUT2D eigenvalue weighted by atomic mass is 16.6. The lowest BCUT2D eigenvalue weighted by Crippen LogP contribution is -2.56. The van der Waals surface area contributed by atoms with Gasteiger partial charge in [0.1, 0.15) is 0 Å². The quantitative estimate of drug-likeness (QED) is 0.629. The highest BCUT2D eigenvalue weighted by Crippen LogP contribution is 2.42. The van der Waals surface area contributed by atoms with Gasteiger partial charge in [-0.3, -0.25) is 15.0 Å². The second kappa shape index (κ2) is 5.52. The molecule has 22 heavy (non-hydrogen) atoms. The van der Waals surface area contributed by atoms with E-state index >= 15 is 0 Å². The van der Waals surface area contributed by atoms with Gasteiger partial charge in [0.05, 0.1) is 24.2 Å². The van der Waals surface area contributed by atoms with Crippen molar-refractivity contribution in [2.75, 3.05) is 44.3 Å². The molecule has 1 saturated carbocycles. The molecular formula is C16H21N3O3. The molecule has 2 heterocycles. The Morgan fingerprint density at radius 2 is 1.82 bits per heavy atom. The van der Waals surface area contributed by atoms with E-state index in [0.29, 0.717) is 12.0 Å². The van der Waals surface area contributed by atoms with E-state index in [1.807, 2.05) is 0 Å². The topological polar surface area (TPSA) is 58.9 Å². The van der Waals surface area contributed by atoms with Crippen molar-refractivity contribution < 1.29 is 9.66 Å². The van der Waals surface area contributed by atoms with Crippen LogP contribution in [0.5, 0.6) is 0 Å². The van der Waals surface area contributed by atoms with Crippen molar-refractivity contribution in [2.24, 2.45) is 0 Å². The Balaban J connectivity index is 1.50. The Hall–Kier alpha value is -1.66. The van der Waals surface area contributed by atoms with Crippen molar-refractivity contribution in [3.05, 3.63) is 33.9 Å². The molecule has 0 spiro atoms. The molecule has 4 rings (SSSR count). The van der Waals surface area contributed by atoms with Crippen LogP contribution in [0.2, 0.25) is 0 Å². The summed E-state index contributed by atoms with van der Waals surface area (Å²) in [4.78, 5) is 15.7. The third-order valence-corrected chi connectivity index (χ3v) is 5.00. The molecule has 0 N–H and O–H groups in total. The molecule has 1 aromatic rings. The fourth-order valence-electron chi connectivity index (χ4n) is 3.34. The summed E-state index contributed by atoms with van der Waals surface area (Å²) in [6.07, 6.45) is 2.33. The molecule has 2 saturated heterocycles. The van der Waals surface area contributed by atoms with Gasteiger partial charge < -0.3 is 9.64 Å². The summed E-state index contributed by atoms with van der Waals surface area (Å²) in [5, 5.41) is 11.2. The molecule has 0 aromatic heterocycles. The smallest absolute Gasteiger partial charge is 0.271 e. The molecule has 0 atom stereocenters. The van der Waals surface area contributed by atoms with E-state index in [1.165, 1.54) is 0 Å².